The average Bonchev–Trinajstić information content (AvgIpc) is 3.32. The van der Waals surface area contributed by atoms with Crippen LogP contribution in [-0.4, -0.2) is 125 Å². The van der Waals surface area contributed by atoms with E-state index in [9.17, 15) is 29.1 Å². The molecule has 2 aromatic rings. The number of piperidine rings is 1. The van der Waals surface area contributed by atoms with Gasteiger partial charge in [-0.3, -0.25) is 14.4 Å². The summed E-state index contributed by atoms with van der Waals surface area (Å²) in [6.45, 7) is 5.21. The number of nitrogens with one attached hydrogen (secondary N) is 1. The second kappa shape index (κ2) is 18.9. The van der Waals surface area contributed by atoms with Crippen molar-refractivity contribution < 1.29 is 38.6 Å². The number of hydrogen-bond donors (Lipinski definition) is 2. The molecular formula is C37H42Br2N6O8. The number of phenols is 1. The van der Waals surface area contributed by atoms with Gasteiger partial charge in [-0.15, -0.1) is 0 Å². The molecule has 0 aromatic heterocycles. The van der Waals surface area contributed by atoms with Gasteiger partial charge in [0, 0.05) is 76.3 Å². The highest BCUT2D eigenvalue weighted by atomic mass is 79.9. The molecule has 282 valence electrons. The predicted molar refractivity (Wildman–Crippen MR) is 202 cm³/mol. The number of aliphatic imine (C=N–C) groups is 1. The molecule has 0 bridgehead atoms. The Balaban J connectivity index is 1.18. The van der Waals surface area contributed by atoms with Crippen LogP contribution < -0.4 is 5.32 Å². The summed E-state index contributed by atoms with van der Waals surface area (Å²) in [5.41, 5.74) is 5.25. The minimum absolute atomic E-state index is 0.00794. The summed E-state index contributed by atoms with van der Waals surface area (Å²) in [6.07, 6.45) is 1.59. The van der Waals surface area contributed by atoms with Gasteiger partial charge in [-0.1, -0.05) is 18.2 Å². The maximum Gasteiger partial charge on any atom is 0.410 e. The first kappa shape index (κ1) is 39.6. The summed E-state index contributed by atoms with van der Waals surface area (Å²) in [5, 5.41) is 13.2. The molecule has 0 unspecified atom stereocenters. The molecule has 2 N–H and O–H groups in total. The number of para-hydroxylation sites is 1. The minimum Gasteiger partial charge on any atom is -0.506 e. The highest BCUT2D eigenvalue weighted by molar-refractivity contribution is 9.11. The first-order valence-corrected chi connectivity index (χ1v) is 19.1. The fraction of sp³-hybridized carbons (Fsp3) is 0.459. The number of carbonyl (C=O) groups is 5. The van der Waals surface area contributed by atoms with Crippen molar-refractivity contribution in [2.24, 2.45) is 4.99 Å². The Labute approximate surface area is 324 Å². The molecule has 2 aromatic carbocycles. The second-order valence-electron chi connectivity index (χ2n) is 12.8. The van der Waals surface area contributed by atoms with Crippen LogP contribution in [0.4, 0.5) is 15.3 Å². The number of anilines is 1. The van der Waals surface area contributed by atoms with E-state index in [1.54, 1.807) is 30.2 Å². The van der Waals surface area contributed by atoms with E-state index in [1.807, 2.05) is 34.1 Å². The van der Waals surface area contributed by atoms with E-state index in [4.69, 9.17) is 9.47 Å². The number of hydrogen-bond acceptors (Lipinski definition) is 9. The van der Waals surface area contributed by atoms with Crippen LogP contribution in [0.15, 0.2) is 62.3 Å². The van der Waals surface area contributed by atoms with E-state index in [2.05, 4.69) is 53.8 Å². The molecule has 0 saturated carbocycles. The van der Waals surface area contributed by atoms with Gasteiger partial charge in [-0.05, 0) is 93.1 Å². The fourth-order valence-electron chi connectivity index (χ4n) is 6.40. The number of likely N-dealkylation sites (tertiary alicyclic amines) is 1. The standard InChI is InChI=1S/C37H42Br2N6O8/c1-2-52-33(47)9-8-32(46)43-20-18-42(19-21-43)14-5-13-40-35(49)31(24-25-22-28(38)34(48)29(39)23-25)53-37(51)44-15-11-27(12-16-44)45-17-10-26-6-3-4-7-30(26)41-36(45)50/h3-4,6-7,14,22-23,27,31,48H,2,8-12,15-21,24H2,1H3,(H,41,50)/t31-/m1/s1. The van der Waals surface area contributed by atoms with Gasteiger partial charge in [0.25, 0.3) is 5.91 Å². The lowest BCUT2D eigenvalue weighted by atomic mass is 10.0. The number of phenolic OH excluding ortho intramolecular Hbond substituents is 1. The molecule has 0 spiro atoms. The maximum atomic E-state index is 13.4. The molecule has 1 atom stereocenters. The summed E-state index contributed by atoms with van der Waals surface area (Å²) in [6, 6.07) is 10.8. The fourth-order valence-corrected chi connectivity index (χ4v) is 7.69. The molecule has 3 aliphatic rings. The lowest BCUT2D eigenvalue weighted by Crippen LogP contribution is -2.50. The molecular weight excluding hydrogens is 816 g/mol. The molecule has 0 radical (unpaired) electrons. The number of piperazine rings is 1. The van der Waals surface area contributed by atoms with Crippen LogP contribution in [0, 0.1) is 0 Å². The normalized spacial score (nSPS) is 16.6. The second-order valence-corrected chi connectivity index (χ2v) is 14.5. The Morgan fingerprint density at radius 2 is 1.70 bits per heavy atom. The zero-order valence-electron chi connectivity index (χ0n) is 29.4. The number of rotatable bonds is 10. The monoisotopic (exact) mass is 856 g/mol. The van der Waals surface area contributed by atoms with Crippen LogP contribution in [0.1, 0.15) is 43.7 Å². The van der Waals surface area contributed by atoms with E-state index >= 15 is 0 Å². The smallest absolute Gasteiger partial charge is 0.410 e. The van der Waals surface area contributed by atoms with Gasteiger partial charge in [0.15, 0.2) is 6.10 Å². The third-order valence-electron chi connectivity index (χ3n) is 9.31. The van der Waals surface area contributed by atoms with Crippen LogP contribution in [0.25, 0.3) is 0 Å². The molecule has 5 amide bonds. The maximum absolute atomic E-state index is 13.4. The van der Waals surface area contributed by atoms with Gasteiger partial charge in [0.05, 0.1) is 28.2 Å². The van der Waals surface area contributed by atoms with E-state index in [1.165, 1.54) is 4.90 Å². The topological polar surface area (TPSA) is 161 Å². The highest BCUT2D eigenvalue weighted by Crippen LogP contribution is 2.34. The minimum atomic E-state index is -1.29. The zero-order chi connectivity index (χ0) is 37.9. The van der Waals surface area contributed by atoms with Gasteiger partial charge in [0.2, 0.25) is 5.91 Å². The Bertz CT molecular complexity index is 1770. The molecule has 3 aliphatic heterocycles. The van der Waals surface area contributed by atoms with E-state index in [0.29, 0.717) is 73.2 Å². The first-order valence-electron chi connectivity index (χ1n) is 17.6. The third-order valence-corrected chi connectivity index (χ3v) is 10.5. The van der Waals surface area contributed by atoms with Crippen LogP contribution in [0.5, 0.6) is 5.75 Å². The van der Waals surface area contributed by atoms with E-state index in [-0.39, 0.29) is 49.6 Å². The molecule has 3 heterocycles. The van der Waals surface area contributed by atoms with Crippen LogP contribution in [-0.2, 0) is 36.7 Å². The average molecular weight is 859 g/mol. The summed E-state index contributed by atoms with van der Waals surface area (Å²) in [7, 11) is 0. The molecule has 14 nitrogen and oxygen atoms in total. The number of carbonyl (C=O) groups excluding carboxylic acids is 5. The highest BCUT2D eigenvalue weighted by Gasteiger charge is 2.33. The predicted octanol–water partition coefficient (Wildman–Crippen LogP) is 4.87. The van der Waals surface area contributed by atoms with Crippen molar-refractivity contribution >= 4 is 73.3 Å². The number of nitrogens with zero attached hydrogens (tertiary/aromatic N) is 5. The Kier molecular flexibility index (Phi) is 14.1. The Morgan fingerprint density at radius 3 is 2.40 bits per heavy atom. The number of amides is 5. The third kappa shape index (κ3) is 11.0. The molecule has 2 saturated heterocycles. The van der Waals surface area contributed by atoms with Crippen LogP contribution >= 0.6 is 31.9 Å². The quantitative estimate of drug-likeness (QED) is 0.193. The van der Waals surface area contributed by atoms with Crippen molar-refractivity contribution in [1.82, 2.24) is 19.6 Å². The Hall–Kier alpha value is -4.62. The molecule has 5 rings (SSSR count). The number of benzene rings is 2. The van der Waals surface area contributed by atoms with Crippen molar-refractivity contribution in [2.45, 2.75) is 57.6 Å². The van der Waals surface area contributed by atoms with Gasteiger partial charge in [-0.25, -0.2) is 9.59 Å². The van der Waals surface area contributed by atoms with E-state index < -0.39 is 24.1 Å². The summed E-state index contributed by atoms with van der Waals surface area (Å²) < 4.78 is 11.4. The lowest BCUT2D eigenvalue weighted by molar-refractivity contribution is -0.146. The van der Waals surface area contributed by atoms with Gasteiger partial charge in [-0.2, -0.15) is 4.99 Å². The Morgan fingerprint density at radius 1 is 1.00 bits per heavy atom. The number of halogens is 2. The molecule has 53 heavy (non-hydrogen) atoms. The molecule has 16 heteroatoms. The number of fused-ring (bicyclic) bond motifs is 1. The van der Waals surface area contributed by atoms with Crippen molar-refractivity contribution in [3.63, 3.8) is 0 Å². The van der Waals surface area contributed by atoms with Gasteiger partial charge < -0.3 is 39.5 Å². The van der Waals surface area contributed by atoms with Crippen molar-refractivity contribution in [2.75, 3.05) is 57.7 Å². The largest absolute Gasteiger partial charge is 0.506 e. The van der Waals surface area contributed by atoms with Gasteiger partial charge in [0.1, 0.15) is 5.75 Å². The summed E-state index contributed by atoms with van der Waals surface area (Å²) in [5.74, 6) is 1.25. The van der Waals surface area contributed by atoms with E-state index in [0.717, 1.165) is 17.7 Å². The summed E-state index contributed by atoms with van der Waals surface area (Å²) >= 11 is 6.61. The lowest BCUT2D eigenvalue weighted by Gasteiger charge is -2.37. The zero-order valence-corrected chi connectivity index (χ0v) is 32.6. The molecule has 0 aliphatic carbocycles. The van der Waals surface area contributed by atoms with Crippen molar-refractivity contribution in [3.05, 3.63) is 68.4 Å². The van der Waals surface area contributed by atoms with Gasteiger partial charge >= 0.3 is 18.1 Å². The van der Waals surface area contributed by atoms with Crippen molar-refractivity contribution in [1.29, 1.82) is 0 Å². The summed E-state index contributed by atoms with van der Waals surface area (Å²) in [4.78, 5) is 74.7. The number of esters is 1. The van der Waals surface area contributed by atoms with Crippen LogP contribution in [0.2, 0.25) is 0 Å². The van der Waals surface area contributed by atoms with Crippen LogP contribution in [0.3, 0.4) is 0 Å². The number of ether oxygens (including phenoxy) is 2. The first-order chi connectivity index (χ1) is 25.5. The SMILES string of the molecule is CCOC(=O)CCC(=O)N1CCN(C=C=C=NC(=O)[C@@H](Cc2cc(Br)c(O)c(Br)c2)OC(=O)N2CCC(N3CCc4ccccc4NC3=O)CC2)CC1. The van der Waals surface area contributed by atoms with Crippen molar-refractivity contribution in [3.8, 4) is 5.75 Å². The number of urea groups is 1. The molecule has 2 fully saturated rings. The number of aromatic hydroxyl groups is 1.